The predicted molar refractivity (Wildman–Crippen MR) is 110 cm³/mol. The van der Waals surface area contributed by atoms with Crippen molar-refractivity contribution in [2.75, 3.05) is 0 Å². The molecule has 1 aromatic heterocycles. The van der Waals surface area contributed by atoms with Gasteiger partial charge in [-0.05, 0) is 51.5 Å². The van der Waals surface area contributed by atoms with Gasteiger partial charge in [0.25, 0.3) is 0 Å². The first-order valence-corrected chi connectivity index (χ1v) is 9.42. The minimum atomic E-state index is -1.10. The first-order valence-electron chi connectivity index (χ1n) is 9.42. The second-order valence-corrected chi connectivity index (χ2v) is 7.85. The number of nitrogens with zero attached hydrogens (tertiary/aromatic N) is 1. The van der Waals surface area contributed by atoms with Crippen molar-refractivity contribution >= 4 is 33.9 Å². The number of hydrogen-bond donors (Lipinski definition) is 2. The van der Waals surface area contributed by atoms with Crippen LogP contribution in [0.1, 0.15) is 33.3 Å². The topological polar surface area (TPSA) is 80.6 Å². The lowest BCUT2D eigenvalue weighted by Gasteiger charge is -2.22. The summed E-state index contributed by atoms with van der Waals surface area (Å²) in [4.78, 5) is 23.7. The van der Waals surface area contributed by atoms with E-state index in [1.54, 1.807) is 20.8 Å². The third-order valence-corrected chi connectivity index (χ3v) is 4.58. The summed E-state index contributed by atoms with van der Waals surface area (Å²) in [6, 6.07) is 13.0. The van der Waals surface area contributed by atoms with E-state index in [4.69, 9.17) is 4.74 Å². The van der Waals surface area contributed by atoms with Crippen LogP contribution in [0.3, 0.4) is 0 Å². The predicted octanol–water partition coefficient (Wildman–Crippen LogP) is 4.33. The molecule has 6 nitrogen and oxygen atoms in total. The summed E-state index contributed by atoms with van der Waals surface area (Å²) in [6.07, 6.45) is -0.556. The number of carboxylic acid groups (broad SMARTS) is 1. The molecule has 2 N–H and O–H groups in total. The summed E-state index contributed by atoms with van der Waals surface area (Å²) in [5.41, 5.74) is 2.42. The van der Waals surface area contributed by atoms with Gasteiger partial charge in [0.2, 0.25) is 0 Å². The zero-order valence-electron chi connectivity index (χ0n) is 16.7. The molecule has 1 heterocycles. The number of carboxylic acids is 1. The highest BCUT2D eigenvalue weighted by Gasteiger charge is 2.24. The number of hydrogen-bond acceptors (Lipinski definition) is 3. The van der Waals surface area contributed by atoms with E-state index in [0.29, 0.717) is 0 Å². The molecule has 0 saturated heterocycles. The number of nitrogens with one attached hydrogen (secondary N) is 1. The maximum atomic E-state index is 12.0. The van der Waals surface area contributed by atoms with Crippen molar-refractivity contribution in [3.8, 4) is 0 Å². The number of para-hydroxylation sites is 1. The van der Waals surface area contributed by atoms with Gasteiger partial charge in [0, 0.05) is 34.8 Å². The van der Waals surface area contributed by atoms with Crippen LogP contribution in [-0.4, -0.2) is 33.4 Å². The summed E-state index contributed by atoms with van der Waals surface area (Å²) in [6.45, 7) is 8.16. The zero-order valence-corrected chi connectivity index (χ0v) is 16.7. The quantitative estimate of drug-likeness (QED) is 0.688. The molecule has 0 fully saturated rings. The average molecular weight is 382 g/mol. The number of aromatic nitrogens is 1. The molecular formula is C22H26N2O4. The fourth-order valence-corrected chi connectivity index (χ4v) is 3.45. The molecule has 0 saturated carbocycles. The molecule has 1 amide bonds. The number of carbonyl (C=O) groups excluding carboxylic acids is 1. The Hall–Kier alpha value is -3.02. The minimum Gasteiger partial charge on any atom is -0.480 e. The smallest absolute Gasteiger partial charge is 0.408 e. The maximum absolute atomic E-state index is 12.0. The Labute approximate surface area is 164 Å². The molecule has 0 aliphatic heterocycles. The molecule has 148 valence electrons. The molecule has 28 heavy (non-hydrogen) atoms. The van der Waals surface area contributed by atoms with E-state index < -0.39 is 23.7 Å². The molecule has 0 radical (unpaired) electrons. The lowest BCUT2D eigenvalue weighted by Crippen LogP contribution is -2.44. The highest BCUT2D eigenvalue weighted by Crippen LogP contribution is 2.30. The van der Waals surface area contributed by atoms with Gasteiger partial charge in [-0.1, -0.05) is 24.3 Å². The van der Waals surface area contributed by atoms with Crippen molar-refractivity contribution in [2.45, 2.75) is 52.3 Å². The molecule has 0 aliphatic rings. The Bertz CT molecular complexity index is 1030. The zero-order chi connectivity index (χ0) is 20.5. The van der Waals surface area contributed by atoms with Gasteiger partial charge in [-0.15, -0.1) is 0 Å². The molecule has 1 atom stereocenters. The van der Waals surface area contributed by atoms with Crippen molar-refractivity contribution in [3.63, 3.8) is 0 Å². The molecule has 2 aromatic carbocycles. The number of fused-ring (bicyclic) bond motifs is 3. The van der Waals surface area contributed by atoms with Crippen LogP contribution in [0.15, 0.2) is 42.5 Å². The van der Waals surface area contributed by atoms with Crippen LogP contribution in [0.5, 0.6) is 0 Å². The Morgan fingerprint density at radius 1 is 1.11 bits per heavy atom. The first kappa shape index (κ1) is 19.7. The first-order chi connectivity index (χ1) is 13.2. The lowest BCUT2D eigenvalue weighted by atomic mass is 10.0. The molecule has 6 heteroatoms. The number of aryl methyl sites for hydroxylation is 1. The average Bonchev–Trinajstić information content (AvgIpc) is 2.92. The van der Waals surface area contributed by atoms with Crippen molar-refractivity contribution < 1.29 is 19.4 Å². The monoisotopic (exact) mass is 382 g/mol. The maximum Gasteiger partial charge on any atom is 0.408 e. The normalized spacial score (nSPS) is 12.9. The van der Waals surface area contributed by atoms with Crippen LogP contribution in [0.25, 0.3) is 21.8 Å². The Morgan fingerprint density at radius 3 is 2.43 bits per heavy atom. The number of alkyl carbamates (subject to hydrolysis) is 1. The largest absolute Gasteiger partial charge is 0.480 e. The standard InChI is InChI=1S/C22H26N2O4/c1-5-24-18-9-7-6-8-15(18)16-12-14(10-11-19(16)24)13-17(20(25)26)23-21(27)28-22(2,3)4/h6-12,17H,5,13H2,1-4H3,(H,23,27)(H,25,26). The molecule has 0 aliphatic carbocycles. The van der Waals surface area contributed by atoms with Gasteiger partial charge in [0.05, 0.1) is 0 Å². The van der Waals surface area contributed by atoms with Crippen LogP contribution < -0.4 is 5.32 Å². The summed E-state index contributed by atoms with van der Waals surface area (Å²) in [5, 5.41) is 14.2. The van der Waals surface area contributed by atoms with Gasteiger partial charge in [0.1, 0.15) is 11.6 Å². The number of amides is 1. The Morgan fingerprint density at radius 2 is 1.79 bits per heavy atom. The van der Waals surface area contributed by atoms with Gasteiger partial charge in [-0.3, -0.25) is 0 Å². The van der Waals surface area contributed by atoms with Crippen molar-refractivity contribution in [1.29, 1.82) is 0 Å². The van der Waals surface area contributed by atoms with Gasteiger partial charge >= 0.3 is 12.1 Å². The fourth-order valence-electron chi connectivity index (χ4n) is 3.45. The third kappa shape index (κ3) is 4.11. The van der Waals surface area contributed by atoms with E-state index in [1.807, 2.05) is 30.3 Å². The fraction of sp³-hybridized carbons (Fsp3) is 0.364. The van der Waals surface area contributed by atoms with Crippen molar-refractivity contribution in [2.24, 2.45) is 0 Å². The van der Waals surface area contributed by atoms with Gasteiger partial charge < -0.3 is 19.7 Å². The van der Waals surface area contributed by atoms with Crippen molar-refractivity contribution in [1.82, 2.24) is 9.88 Å². The van der Waals surface area contributed by atoms with Gasteiger partial charge in [-0.25, -0.2) is 9.59 Å². The molecule has 3 rings (SSSR count). The summed E-state index contributed by atoms with van der Waals surface area (Å²) < 4.78 is 7.42. The number of ether oxygens (including phenoxy) is 1. The Balaban J connectivity index is 1.91. The van der Waals surface area contributed by atoms with Crippen molar-refractivity contribution in [3.05, 3.63) is 48.0 Å². The SMILES string of the molecule is CCn1c2ccccc2c2cc(CC(NC(=O)OC(C)(C)C)C(=O)O)ccc21. The second kappa shape index (κ2) is 7.54. The van der Waals surface area contributed by atoms with Gasteiger partial charge in [0.15, 0.2) is 0 Å². The Kier molecular flexibility index (Phi) is 5.31. The van der Waals surface area contributed by atoms with E-state index in [2.05, 4.69) is 28.9 Å². The van der Waals surface area contributed by atoms with E-state index >= 15 is 0 Å². The minimum absolute atomic E-state index is 0.177. The number of aliphatic carboxylic acids is 1. The molecular weight excluding hydrogens is 356 g/mol. The number of rotatable bonds is 5. The van der Waals surface area contributed by atoms with E-state index in [-0.39, 0.29) is 6.42 Å². The summed E-state index contributed by atoms with van der Waals surface area (Å²) in [7, 11) is 0. The summed E-state index contributed by atoms with van der Waals surface area (Å²) >= 11 is 0. The number of carbonyl (C=O) groups is 2. The molecule has 0 spiro atoms. The van der Waals surface area contributed by atoms with Crippen LogP contribution in [0.2, 0.25) is 0 Å². The molecule has 0 bridgehead atoms. The molecule has 3 aromatic rings. The highest BCUT2D eigenvalue weighted by molar-refractivity contribution is 6.08. The summed E-state index contributed by atoms with van der Waals surface area (Å²) in [5.74, 6) is -1.10. The van der Waals surface area contributed by atoms with Gasteiger partial charge in [-0.2, -0.15) is 0 Å². The molecule has 1 unspecified atom stereocenters. The van der Waals surface area contributed by atoms with E-state index in [9.17, 15) is 14.7 Å². The lowest BCUT2D eigenvalue weighted by molar-refractivity contribution is -0.139. The highest BCUT2D eigenvalue weighted by atomic mass is 16.6. The number of benzene rings is 2. The van der Waals surface area contributed by atoms with E-state index in [0.717, 1.165) is 33.9 Å². The second-order valence-electron chi connectivity index (χ2n) is 7.85. The van der Waals surface area contributed by atoms with Crippen LogP contribution in [0.4, 0.5) is 4.79 Å². The van der Waals surface area contributed by atoms with Crippen LogP contribution in [-0.2, 0) is 22.5 Å². The third-order valence-electron chi connectivity index (χ3n) is 4.58. The van der Waals surface area contributed by atoms with Crippen LogP contribution >= 0.6 is 0 Å². The van der Waals surface area contributed by atoms with Crippen LogP contribution in [0, 0.1) is 0 Å². The van der Waals surface area contributed by atoms with E-state index in [1.165, 1.54) is 0 Å².